The van der Waals surface area contributed by atoms with Crippen molar-refractivity contribution in [3.63, 3.8) is 0 Å². The molecule has 3 rings (SSSR count). The van der Waals surface area contributed by atoms with Crippen molar-refractivity contribution < 1.29 is 0 Å². The van der Waals surface area contributed by atoms with Crippen LogP contribution in [-0.2, 0) is 6.54 Å². The standard InChI is InChI=1S/C15H19N5/c1-3-4-14-9-13(11-19-7-5-16-6-8-19)10-15-18-17-12(2)20(14)15/h9-10,16H,5-8,11H2,1-2H3. The molecule has 0 aromatic carbocycles. The molecule has 2 aromatic rings. The van der Waals surface area contributed by atoms with Crippen molar-refractivity contribution >= 4 is 5.65 Å². The number of nitrogens with one attached hydrogen (secondary N) is 1. The molecule has 5 nitrogen and oxygen atoms in total. The quantitative estimate of drug-likeness (QED) is 0.820. The predicted molar refractivity (Wildman–Crippen MR) is 78.4 cm³/mol. The zero-order valence-electron chi connectivity index (χ0n) is 12.0. The highest BCUT2D eigenvalue weighted by atomic mass is 15.2. The van der Waals surface area contributed by atoms with E-state index in [1.54, 1.807) is 0 Å². The third kappa shape index (κ3) is 2.53. The van der Waals surface area contributed by atoms with Crippen LogP contribution in [-0.4, -0.2) is 45.7 Å². The topological polar surface area (TPSA) is 45.5 Å². The van der Waals surface area contributed by atoms with E-state index in [-0.39, 0.29) is 0 Å². The van der Waals surface area contributed by atoms with Gasteiger partial charge in [0, 0.05) is 32.7 Å². The highest BCUT2D eigenvalue weighted by Gasteiger charge is 2.12. The van der Waals surface area contributed by atoms with Gasteiger partial charge in [-0.15, -0.1) is 10.2 Å². The molecule has 0 unspecified atom stereocenters. The highest BCUT2D eigenvalue weighted by Crippen LogP contribution is 2.14. The fraction of sp³-hybridized carbons (Fsp3) is 0.467. The Bertz CT molecular complexity index is 671. The summed E-state index contributed by atoms with van der Waals surface area (Å²) in [5, 5.41) is 11.8. The molecule has 3 heterocycles. The number of rotatable bonds is 2. The summed E-state index contributed by atoms with van der Waals surface area (Å²) in [5.74, 6) is 7.01. The van der Waals surface area contributed by atoms with Gasteiger partial charge in [0.2, 0.25) is 0 Å². The Hall–Kier alpha value is -1.90. The smallest absolute Gasteiger partial charge is 0.162 e. The van der Waals surface area contributed by atoms with Crippen molar-refractivity contribution in [1.82, 2.24) is 24.8 Å². The first kappa shape index (κ1) is 13.1. The van der Waals surface area contributed by atoms with Crippen LogP contribution in [0.3, 0.4) is 0 Å². The number of piperazine rings is 1. The largest absolute Gasteiger partial charge is 0.314 e. The Kier molecular flexibility index (Phi) is 3.68. The lowest BCUT2D eigenvalue weighted by Gasteiger charge is -2.27. The minimum Gasteiger partial charge on any atom is -0.314 e. The summed E-state index contributed by atoms with van der Waals surface area (Å²) in [7, 11) is 0. The molecule has 1 N–H and O–H groups in total. The molecule has 2 aromatic heterocycles. The highest BCUT2D eigenvalue weighted by molar-refractivity contribution is 5.48. The maximum atomic E-state index is 4.23. The average Bonchev–Trinajstić information content (AvgIpc) is 2.82. The normalized spacial score (nSPS) is 16.1. The van der Waals surface area contributed by atoms with Crippen LogP contribution in [0.4, 0.5) is 0 Å². The molecular formula is C15H19N5. The van der Waals surface area contributed by atoms with Crippen molar-refractivity contribution in [3.05, 3.63) is 29.2 Å². The Morgan fingerprint density at radius 2 is 2.05 bits per heavy atom. The van der Waals surface area contributed by atoms with E-state index >= 15 is 0 Å². The van der Waals surface area contributed by atoms with E-state index < -0.39 is 0 Å². The van der Waals surface area contributed by atoms with Gasteiger partial charge < -0.3 is 5.32 Å². The molecule has 0 amide bonds. The van der Waals surface area contributed by atoms with Crippen molar-refractivity contribution in [2.45, 2.75) is 20.4 Å². The van der Waals surface area contributed by atoms with E-state index in [2.05, 4.69) is 44.4 Å². The minimum atomic E-state index is 0.881. The lowest BCUT2D eigenvalue weighted by Crippen LogP contribution is -2.42. The van der Waals surface area contributed by atoms with Crippen molar-refractivity contribution in [1.29, 1.82) is 0 Å². The number of nitrogens with zero attached hydrogens (tertiary/aromatic N) is 4. The van der Waals surface area contributed by atoms with Gasteiger partial charge >= 0.3 is 0 Å². The monoisotopic (exact) mass is 269 g/mol. The van der Waals surface area contributed by atoms with Gasteiger partial charge in [-0.25, -0.2) is 0 Å². The van der Waals surface area contributed by atoms with Crippen LogP contribution in [0.1, 0.15) is 24.0 Å². The first-order valence-electron chi connectivity index (χ1n) is 6.98. The lowest BCUT2D eigenvalue weighted by molar-refractivity contribution is 0.233. The van der Waals surface area contributed by atoms with Crippen molar-refractivity contribution in [2.75, 3.05) is 26.2 Å². The van der Waals surface area contributed by atoms with Crippen LogP contribution >= 0.6 is 0 Å². The molecule has 0 aliphatic carbocycles. The molecule has 0 spiro atoms. The summed E-state index contributed by atoms with van der Waals surface area (Å²) < 4.78 is 2.01. The molecule has 104 valence electrons. The fourth-order valence-corrected chi connectivity index (χ4v) is 2.66. The first-order valence-corrected chi connectivity index (χ1v) is 6.98. The Morgan fingerprint density at radius 3 is 2.80 bits per heavy atom. The number of hydrogen-bond acceptors (Lipinski definition) is 4. The van der Waals surface area contributed by atoms with Crippen LogP contribution in [0, 0.1) is 18.8 Å². The Balaban J connectivity index is 1.96. The van der Waals surface area contributed by atoms with Gasteiger partial charge in [-0.3, -0.25) is 9.30 Å². The van der Waals surface area contributed by atoms with Gasteiger partial charge in [-0.2, -0.15) is 0 Å². The summed E-state index contributed by atoms with van der Waals surface area (Å²) in [6.45, 7) is 9.06. The predicted octanol–water partition coefficient (Wildman–Crippen LogP) is 0.814. The molecule has 0 saturated carbocycles. The summed E-state index contributed by atoms with van der Waals surface area (Å²) in [4.78, 5) is 2.45. The molecule has 1 fully saturated rings. The number of aromatic nitrogens is 3. The maximum absolute atomic E-state index is 4.23. The SMILES string of the molecule is CC#Cc1cc(CN2CCNCC2)cc2nnc(C)n12. The van der Waals surface area contributed by atoms with Crippen LogP contribution in [0.5, 0.6) is 0 Å². The van der Waals surface area contributed by atoms with E-state index in [9.17, 15) is 0 Å². The van der Waals surface area contributed by atoms with E-state index in [0.717, 1.165) is 49.9 Å². The second kappa shape index (κ2) is 5.61. The molecule has 20 heavy (non-hydrogen) atoms. The van der Waals surface area contributed by atoms with E-state index in [4.69, 9.17) is 0 Å². The summed E-state index contributed by atoms with van der Waals surface area (Å²) >= 11 is 0. The third-order valence-electron chi connectivity index (χ3n) is 3.60. The molecular weight excluding hydrogens is 250 g/mol. The number of fused-ring (bicyclic) bond motifs is 1. The number of hydrogen-bond donors (Lipinski definition) is 1. The zero-order chi connectivity index (χ0) is 13.9. The van der Waals surface area contributed by atoms with Gasteiger partial charge in [0.25, 0.3) is 0 Å². The van der Waals surface area contributed by atoms with E-state index in [1.165, 1.54) is 5.56 Å². The minimum absolute atomic E-state index is 0.881. The molecule has 0 atom stereocenters. The van der Waals surface area contributed by atoms with Gasteiger partial charge in [0.1, 0.15) is 5.82 Å². The van der Waals surface area contributed by atoms with Gasteiger partial charge in [-0.1, -0.05) is 5.92 Å². The van der Waals surface area contributed by atoms with E-state index in [0.29, 0.717) is 0 Å². The van der Waals surface area contributed by atoms with Crippen LogP contribution in [0.15, 0.2) is 12.1 Å². The molecule has 1 aliphatic heterocycles. The number of aryl methyl sites for hydroxylation is 1. The molecule has 0 bridgehead atoms. The van der Waals surface area contributed by atoms with Crippen molar-refractivity contribution in [3.8, 4) is 11.8 Å². The maximum Gasteiger partial charge on any atom is 0.162 e. The Labute approximate surface area is 119 Å². The Morgan fingerprint density at radius 1 is 1.25 bits per heavy atom. The van der Waals surface area contributed by atoms with Gasteiger partial charge in [0.15, 0.2) is 5.65 Å². The third-order valence-corrected chi connectivity index (χ3v) is 3.60. The summed E-state index contributed by atoms with van der Waals surface area (Å²) in [6.07, 6.45) is 0. The van der Waals surface area contributed by atoms with Gasteiger partial charge in [-0.05, 0) is 37.5 Å². The zero-order valence-corrected chi connectivity index (χ0v) is 12.0. The summed E-state index contributed by atoms with van der Waals surface area (Å²) in [6, 6.07) is 4.27. The van der Waals surface area contributed by atoms with Crippen LogP contribution < -0.4 is 5.32 Å². The van der Waals surface area contributed by atoms with Crippen LogP contribution in [0.25, 0.3) is 5.65 Å². The second-order valence-corrected chi connectivity index (χ2v) is 5.09. The van der Waals surface area contributed by atoms with Crippen molar-refractivity contribution in [2.24, 2.45) is 0 Å². The fourth-order valence-electron chi connectivity index (χ4n) is 2.66. The molecule has 5 heteroatoms. The lowest BCUT2D eigenvalue weighted by atomic mass is 10.2. The van der Waals surface area contributed by atoms with Crippen LogP contribution in [0.2, 0.25) is 0 Å². The summed E-state index contributed by atoms with van der Waals surface area (Å²) in [5.41, 5.74) is 3.11. The number of pyridine rings is 1. The van der Waals surface area contributed by atoms with E-state index in [1.807, 2.05) is 18.2 Å². The molecule has 1 aliphatic rings. The molecule has 0 radical (unpaired) electrons. The second-order valence-electron chi connectivity index (χ2n) is 5.09. The van der Waals surface area contributed by atoms with Gasteiger partial charge in [0.05, 0.1) is 5.69 Å². The molecule has 1 saturated heterocycles. The first-order chi connectivity index (χ1) is 9.78. The average molecular weight is 269 g/mol.